The molecule has 4 N–H and O–H groups in total. The predicted molar refractivity (Wildman–Crippen MR) is 109 cm³/mol. The number of hydrogen-bond acceptors (Lipinski definition) is 4. The second-order valence-corrected chi connectivity index (χ2v) is 7.56. The number of allylic oxidation sites excluding steroid dienone is 1. The summed E-state index contributed by atoms with van der Waals surface area (Å²) < 4.78 is 0. The van der Waals surface area contributed by atoms with Gasteiger partial charge >= 0.3 is 5.97 Å². The highest BCUT2D eigenvalue weighted by Crippen LogP contribution is 2.35. The Hall–Kier alpha value is -1.95. The van der Waals surface area contributed by atoms with Crippen LogP contribution in [0.25, 0.3) is 0 Å². The standard InChI is InChI=1S/C23H32O5/c1-2-3-4-7-17(24)12-10-16-11-14-21(25)18(16)13-15-22(26)19-8-5-6-9-20(19)23(27)28/h5-6,8-10,12-13,15-18,21-22,24-26H,2-4,7,11,14H2,1H3,(H,27,28). The van der Waals surface area contributed by atoms with E-state index in [4.69, 9.17) is 0 Å². The first kappa shape index (κ1) is 22.3. The maximum absolute atomic E-state index is 11.3. The van der Waals surface area contributed by atoms with E-state index in [1.807, 2.05) is 12.2 Å². The molecule has 1 aromatic carbocycles. The fourth-order valence-corrected chi connectivity index (χ4v) is 3.79. The Kier molecular flexibility index (Phi) is 8.90. The molecular formula is C23H32O5. The van der Waals surface area contributed by atoms with Crippen LogP contribution in [0.5, 0.6) is 0 Å². The summed E-state index contributed by atoms with van der Waals surface area (Å²) in [5.74, 6) is -1.15. The van der Waals surface area contributed by atoms with Crippen molar-refractivity contribution in [2.45, 2.75) is 63.8 Å². The summed E-state index contributed by atoms with van der Waals surface area (Å²) in [6, 6.07) is 6.36. The van der Waals surface area contributed by atoms with Gasteiger partial charge < -0.3 is 20.4 Å². The minimum atomic E-state index is -1.08. The first-order valence-electron chi connectivity index (χ1n) is 10.2. The molecule has 1 aliphatic carbocycles. The van der Waals surface area contributed by atoms with Gasteiger partial charge in [-0.25, -0.2) is 4.79 Å². The van der Waals surface area contributed by atoms with Crippen LogP contribution in [-0.2, 0) is 0 Å². The third-order valence-electron chi connectivity index (χ3n) is 5.44. The third-order valence-corrected chi connectivity index (χ3v) is 5.44. The zero-order valence-corrected chi connectivity index (χ0v) is 16.4. The molecule has 1 saturated carbocycles. The Morgan fingerprint density at radius 3 is 2.61 bits per heavy atom. The average molecular weight is 389 g/mol. The Balaban J connectivity index is 2.03. The van der Waals surface area contributed by atoms with E-state index in [-0.39, 0.29) is 17.4 Å². The zero-order valence-electron chi connectivity index (χ0n) is 16.4. The lowest BCUT2D eigenvalue weighted by Crippen LogP contribution is -2.16. The highest BCUT2D eigenvalue weighted by atomic mass is 16.4. The maximum atomic E-state index is 11.3. The number of carbonyl (C=O) groups is 1. The molecule has 0 radical (unpaired) electrons. The van der Waals surface area contributed by atoms with Crippen LogP contribution in [0.1, 0.15) is 67.5 Å². The van der Waals surface area contributed by atoms with Crippen molar-refractivity contribution in [3.8, 4) is 0 Å². The smallest absolute Gasteiger partial charge is 0.336 e. The van der Waals surface area contributed by atoms with E-state index in [1.54, 1.807) is 30.4 Å². The molecule has 1 fully saturated rings. The van der Waals surface area contributed by atoms with Crippen LogP contribution in [0.15, 0.2) is 48.6 Å². The van der Waals surface area contributed by atoms with Crippen LogP contribution in [0.4, 0.5) is 0 Å². The molecule has 0 spiro atoms. The first-order chi connectivity index (χ1) is 13.4. The van der Waals surface area contributed by atoms with Gasteiger partial charge in [0.15, 0.2) is 0 Å². The highest BCUT2D eigenvalue weighted by molar-refractivity contribution is 5.89. The van der Waals surface area contributed by atoms with Gasteiger partial charge in [0.05, 0.1) is 23.9 Å². The molecule has 0 bridgehead atoms. The van der Waals surface area contributed by atoms with Crippen molar-refractivity contribution in [1.82, 2.24) is 0 Å². The maximum Gasteiger partial charge on any atom is 0.336 e. The number of carboxylic acids is 1. The van der Waals surface area contributed by atoms with Gasteiger partial charge in [-0.3, -0.25) is 0 Å². The fraction of sp³-hybridized carbons (Fsp3) is 0.522. The van der Waals surface area contributed by atoms with Crippen molar-refractivity contribution in [3.63, 3.8) is 0 Å². The molecule has 2 rings (SSSR count). The van der Waals surface area contributed by atoms with E-state index < -0.39 is 24.3 Å². The Labute approximate surface area is 167 Å². The molecule has 5 heteroatoms. The number of benzene rings is 1. The van der Waals surface area contributed by atoms with Crippen molar-refractivity contribution in [3.05, 3.63) is 59.7 Å². The second-order valence-electron chi connectivity index (χ2n) is 7.56. The lowest BCUT2D eigenvalue weighted by atomic mass is 9.92. The lowest BCUT2D eigenvalue weighted by Gasteiger charge is -2.17. The summed E-state index contributed by atoms with van der Waals surface area (Å²) in [6.07, 6.45) is 10.5. The van der Waals surface area contributed by atoms with E-state index in [1.165, 1.54) is 6.07 Å². The van der Waals surface area contributed by atoms with Crippen molar-refractivity contribution in [1.29, 1.82) is 0 Å². The van der Waals surface area contributed by atoms with Gasteiger partial charge in [0.2, 0.25) is 0 Å². The van der Waals surface area contributed by atoms with Crippen LogP contribution < -0.4 is 0 Å². The molecule has 5 nitrogen and oxygen atoms in total. The van der Waals surface area contributed by atoms with E-state index in [2.05, 4.69) is 6.92 Å². The molecule has 1 aliphatic rings. The number of rotatable bonds is 10. The third kappa shape index (κ3) is 6.30. The monoisotopic (exact) mass is 388 g/mol. The summed E-state index contributed by atoms with van der Waals surface area (Å²) in [5, 5.41) is 40.1. The van der Waals surface area contributed by atoms with Gasteiger partial charge in [-0.05, 0) is 36.8 Å². The Bertz CT molecular complexity index is 681. The first-order valence-corrected chi connectivity index (χ1v) is 10.2. The molecule has 0 aliphatic heterocycles. The number of carboxylic acid groups (broad SMARTS) is 1. The van der Waals surface area contributed by atoms with Crippen LogP contribution in [0.2, 0.25) is 0 Å². The number of hydrogen-bond donors (Lipinski definition) is 4. The molecule has 0 heterocycles. The normalized spacial score (nSPS) is 24.8. The lowest BCUT2D eigenvalue weighted by molar-refractivity contribution is 0.0691. The van der Waals surface area contributed by atoms with Crippen molar-refractivity contribution in [2.75, 3.05) is 0 Å². The summed E-state index contributed by atoms with van der Waals surface area (Å²) in [6.45, 7) is 2.13. The second kappa shape index (κ2) is 11.1. The van der Waals surface area contributed by atoms with Crippen molar-refractivity contribution >= 4 is 5.97 Å². The predicted octanol–water partition coefficient (Wildman–Crippen LogP) is 3.86. The molecule has 5 atom stereocenters. The minimum absolute atomic E-state index is 0.0678. The van der Waals surface area contributed by atoms with Crippen LogP contribution in [-0.4, -0.2) is 38.6 Å². The molecule has 0 aromatic heterocycles. The van der Waals surface area contributed by atoms with E-state index in [0.717, 1.165) is 32.1 Å². The molecule has 28 heavy (non-hydrogen) atoms. The van der Waals surface area contributed by atoms with Crippen molar-refractivity contribution < 1.29 is 25.2 Å². The van der Waals surface area contributed by atoms with Gasteiger partial charge in [-0.2, -0.15) is 0 Å². The molecule has 1 aromatic rings. The van der Waals surface area contributed by atoms with Crippen molar-refractivity contribution in [2.24, 2.45) is 11.8 Å². The summed E-state index contributed by atoms with van der Waals surface area (Å²) in [4.78, 5) is 11.3. The largest absolute Gasteiger partial charge is 0.478 e. The average Bonchev–Trinajstić information content (AvgIpc) is 3.04. The van der Waals surface area contributed by atoms with Crippen LogP contribution in [0.3, 0.4) is 0 Å². The number of aliphatic hydroxyl groups is 3. The summed E-state index contributed by atoms with van der Waals surface area (Å²) in [7, 11) is 0. The highest BCUT2D eigenvalue weighted by Gasteiger charge is 2.31. The molecule has 0 saturated heterocycles. The van der Waals surface area contributed by atoms with Crippen LogP contribution >= 0.6 is 0 Å². The van der Waals surface area contributed by atoms with Gasteiger partial charge in [0, 0.05) is 5.92 Å². The molecule has 0 amide bonds. The number of aliphatic hydroxyl groups excluding tert-OH is 3. The Morgan fingerprint density at radius 1 is 1.14 bits per heavy atom. The minimum Gasteiger partial charge on any atom is -0.478 e. The van der Waals surface area contributed by atoms with Gasteiger partial charge in [0.25, 0.3) is 0 Å². The molecule has 154 valence electrons. The zero-order chi connectivity index (χ0) is 20.5. The van der Waals surface area contributed by atoms with Gasteiger partial charge in [-0.15, -0.1) is 0 Å². The van der Waals surface area contributed by atoms with E-state index >= 15 is 0 Å². The quantitative estimate of drug-likeness (QED) is 0.360. The summed E-state index contributed by atoms with van der Waals surface area (Å²) in [5.41, 5.74) is 0.399. The Morgan fingerprint density at radius 2 is 1.89 bits per heavy atom. The number of unbranched alkanes of at least 4 members (excludes halogenated alkanes) is 2. The fourth-order valence-electron chi connectivity index (χ4n) is 3.79. The number of aromatic carboxylic acids is 1. The van der Waals surface area contributed by atoms with E-state index in [9.17, 15) is 25.2 Å². The molecular weight excluding hydrogens is 356 g/mol. The van der Waals surface area contributed by atoms with Gasteiger partial charge in [-0.1, -0.05) is 68.7 Å². The van der Waals surface area contributed by atoms with E-state index in [0.29, 0.717) is 12.0 Å². The van der Waals surface area contributed by atoms with Crippen LogP contribution in [0, 0.1) is 11.8 Å². The SMILES string of the molecule is CCCCCC(O)C=CC1CCC(O)C1C=CC(O)c1ccccc1C(=O)O. The summed E-state index contributed by atoms with van der Waals surface area (Å²) >= 11 is 0. The van der Waals surface area contributed by atoms with Gasteiger partial charge in [0.1, 0.15) is 0 Å². The topological polar surface area (TPSA) is 98.0 Å². The molecule has 5 unspecified atom stereocenters.